The van der Waals surface area contributed by atoms with Gasteiger partial charge >= 0.3 is 5.97 Å². The molecular weight excluding hydrogens is 364 g/mol. The van der Waals surface area contributed by atoms with Gasteiger partial charge < -0.3 is 24.5 Å². The second kappa shape index (κ2) is 8.87. The SMILES string of the molecule is CN=C(NCc1cc(C(=O)OC)c(C)o1)NC1CCc2nc(COC)nn2C1. The summed E-state index contributed by atoms with van der Waals surface area (Å²) in [7, 11) is 4.69. The van der Waals surface area contributed by atoms with Crippen LogP contribution in [-0.4, -0.2) is 54.0 Å². The lowest BCUT2D eigenvalue weighted by Crippen LogP contribution is -2.46. The minimum Gasteiger partial charge on any atom is -0.465 e. The first-order valence-electron chi connectivity index (χ1n) is 9.10. The predicted molar refractivity (Wildman–Crippen MR) is 101 cm³/mol. The molecule has 3 rings (SSSR count). The van der Waals surface area contributed by atoms with Crippen molar-refractivity contribution in [2.45, 2.75) is 45.5 Å². The summed E-state index contributed by atoms with van der Waals surface area (Å²) in [6, 6.07) is 1.86. The van der Waals surface area contributed by atoms with E-state index in [0.717, 1.165) is 18.7 Å². The highest BCUT2D eigenvalue weighted by molar-refractivity contribution is 5.90. The van der Waals surface area contributed by atoms with Crippen molar-refractivity contribution < 1.29 is 18.7 Å². The first-order valence-corrected chi connectivity index (χ1v) is 9.10. The normalized spacial score (nSPS) is 16.6. The number of ether oxygens (including phenoxy) is 2. The lowest BCUT2D eigenvalue weighted by Gasteiger charge is -2.25. The van der Waals surface area contributed by atoms with Crippen molar-refractivity contribution in [1.29, 1.82) is 0 Å². The molecule has 0 aromatic carbocycles. The molecule has 152 valence electrons. The van der Waals surface area contributed by atoms with Crippen LogP contribution in [0.3, 0.4) is 0 Å². The van der Waals surface area contributed by atoms with Gasteiger partial charge in [0.2, 0.25) is 0 Å². The Hall–Kier alpha value is -2.88. The molecule has 0 spiro atoms. The van der Waals surface area contributed by atoms with Gasteiger partial charge in [0.05, 0.1) is 20.2 Å². The van der Waals surface area contributed by atoms with E-state index in [-0.39, 0.29) is 6.04 Å². The van der Waals surface area contributed by atoms with Gasteiger partial charge in [-0.25, -0.2) is 14.5 Å². The lowest BCUT2D eigenvalue weighted by atomic mass is 10.1. The predicted octanol–water partition coefficient (Wildman–Crippen LogP) is 0.793. The molecule has 2 N–H and O–H groups in total. The smallest absolute Gasteiger partial charge is 0.341 e. The maximum atomic E-state index is 11.7. The van der Waals surface area contributed by atoms with E-state index in [0.29, 0.717) is 48.6 Å². The molecule has 0 amide bonds. The maximum Gasteiger partial charge on any atom is 0.341 e. The van der Waals surface area contributed by atoms with Crippen molar-refractivity contribution in [1.82, 2.24) is 25.4 Å². The van der Waals surface area contributed by atoms with E-state index >= 15 is 0 Å². The molecule has 2 aromatic rings. The zero-order chi connectivity index (χ0) is 20.1. The lowest BCUT2D eigenvalue weighted by molar-refractivity contribution is 0.0599. The minimum absolute atomic E-state index is 0.180. The molecule has 10 nitrogen and oxygen atoms in total. The van der Waals surface area contributed by atoms with Crippen LogP contribution in [0.5, 0.6) is 0 Å². The Kier molecular flexibility index (Phi) is 6.30. The number of hydrogen-bond donors (Lipinski definition) is 2. The molecule has 2 aromatic heterocycles. The van der Waals surface area contributed by atoms with Gasteiger partial charge in [-0.15, -0.1) is 0 Å². The minimum atomic E-state index is -0.409. The molecule has 1 atom stereocenters. The van der Waals surface area contributed by atoms with E-state index in [4.69, 9.17) is 13.9 Å². The van der Waals surface area contributed by atoms with Crippen LogP contribution in [0, 0.1) is 6.92 Å². The fourth-order valence-electron chi connectivity index (χ4n) is 3.17. The number of nitrogens with zero attached hydrogens (tertiary/aromatic N) is 4. The average molecular weight is 390 g/mol. The van der Waals surface area contributed by atoms with Gasteiger partial charge in [-0.2, -0.15) is 5.10 Å². The first kappa shape index (κ1) is 19.9. The van der Waals surface area contributed by atoms with E-state index in [1.165, 1.54) is 7.11 Å². The quantitative estimate of drug-likeness (QED) is 0.423. The Morgan fingerprint density at radius 1 is 1.46 bits per heavy atom. The van der Waals surface area contributed by atoms with Crippen LogP contribution in [0.15, 0.2) is 15.5 Å². The van der Waals surface area contributed by atoms with Crippen molar-refractivity contribution in [2.75, 3.05) is 21.3 Å². The Balaban J connectivity index is 1.56. The fourth-order valence-corrected chi connectivity index (χ4v) is 3.17. The summed E-state index contributed by atoms with van der Waals surface area (Å²) in [5, 5.41) is 11.1. The zero-order valence-electron chi connectivity index (χ0n) is 16.6. The molecule has 28 heavy (non-hydrogen) atoms. The summed E-state index contributed by atoms with van der Waals surface area (Å²) < 4.78 is 17.4. The third-order valence-electron chi connectivity index (χ3n) is 4.54. The molecule has 0 bridgehead atoms. The van der Waals surface area contributed by atoms with E-state index < -0.39 is 5.97 Å². The van der Waals surface area contributed by atoms with Crippen LogP contribution in [-0.2, 0) is 35.6 Å². The average Bonchev–Trinajstić information content (AvgIpc) is 3.26. The van der Waals surface area contributed by atoms with Crippen molar-refractivity contribution in [3.05, 3.63) is 34.8 Å². The number of nitrogens with one attached hydrogen (secondary N) is 2. The molecule has 0 saturated heterocycles. The maximum absolute atomic E-state index is 11.7. The summed E-state index contributed by atoms with van der Waals surface area (Å²) in [6.07, 6.45) is 1.77. The number of guanidine groups is 1. The number of carbonyl (C=O) groups excluding carboxylic acids is 1. The number of esters is 1. The number of furan rings is 1. The van der Waals surface area contributed by atoms with Crippen molar-refractivity contribution in [2.24, 2.45) is 4.99 Å². The highest BCUT2D eigenvalue weighted by Crippen LogP contribution is 2.16. The van der Waals surface area contributed by atoms with Crippen molar-refractivity contribution in [3.8, 4) is 0 Å². The molecule has 0 fully saturated rings. The summed E-state index contributed by atoms with van der Waals surface area (Å²) in [4.78, 5) is 20.4. The van der Waals surface area contributed by atoms with E-state index in [1.54, 1.807) is 27.1 Å². The molecule has 1 unspecified atom stereocenters. The largest absolute Gasteiger partial charge is 0.465 e. The summed E-state index contributed by atoms with van der Waals surface area (Å²) in [5.74, 6) is 3.09. The van der Waals surface area contributed by atoms with Crippen LogP contribution in [0.2, 0.25) is 0 Å². The Morgan fingerprint density at radius 3 is 3.00 bits per heavy atom. The van der Waals surface area contributed by atoms with Crippen LogP contribution < -0.4 is 10.6 Å². The fraction of sp³-hybridized carbons (Fsp3) is 0.556. The highest BCUT2D eigenvalue weighted by Gasteiger charge is 2.22. The second-order valence-corrected chi connectivity index (χ2v) is 6.54. The summed E-state index contributed by atoms with van der Waals surface area (Å²) in [6.45, 7) is 3.26. The van der Waals surface area contributed by atoms with E-state index in [9.17, 15) is 4.79 Å². The van der Waals surface area contributed by atoms with Gasteiger partial charge in [0.1, 0.15) is 29.5 Å². The van der Waals surface area contributed by atoms with E-state index in [2.05, 4.69) is 25.7 Å². The number of rotatable bonds is 6. The topological polar surface area (TPSA) is 116 Å². The van der Waals surface area contributed by atoms with Gasteiger partial charge in [0.25, 0.3) is 0 Å². The Labute approximate surface area is 163 Å². The van der Waals surface area contributed by atoms with Gasteiger partial charge in [-0.3, -0.25) is 4.99 Å². The summed E-state index contributed by atoms with van der Waals surface area (Å²) >= 11 is 0. The van der Waals surface area contributed by atoms with Gasteiger partial charge in [0, 0.05) is 26.6 Å². The second-order valence-electron chi connectivity index (χ2n) is 6.54. The van der Waals surface area contributed by atoms with Crippen LogP contribution in [0.1, 0.15) is 39.9 Å². The number of fused-ring (bicyclic) bond motifs is 1. The molecule has 0 aliphatic carbocycles. The molecule has 0 saturated carbocycles. The third-order valence-corrected chi connectivity index (χ3v) is 4.54. The molecule has 0 radical (unpaired) electrons. The molecule has 1 aliphatic heterocycles. The zero-order valence-corrected chi connectivity index (χ0v) is 16.6. The van der Waals surface area contributed by atoms with Crippen molar-refractivity contribution >= 4 is 11.9 Å². The first-order chi connectivity index (χ1) is 13.5. The van der Waals surface area contributed by atoms with Crippen LogP contribution in [0.4, 0.5) is 0 Å². The molecular formula is C18H26N6O4. The Bertz CT molecular complexity index is 856. The standard InChI is InChI=1S/C18H26N6O4/c1-11-14(17(25)27-4)7-13(28-11)8-20-18(19-2)21-12-5-6-16-22-15(10-26-3)23-24(16)9-12/h7,12H,5-6,8-10H2,1-4H3,(H2,19,20,21). The van der Waals surface area contributed by atoms with Gasteiger partial charge in [0.15, 0.2) is 11.8 Å². The summed E-state index contributed by atoms with van der Waals surface area (Å²) in [5.41, 5.74) is 0.431. The number of aryl methyl sites for hydroxylation is 2. The van der Waals surface area contributed by atoms with Crippen LogP contribution >= 0.6 is 0 Å². The molecule has 3 heterocycles. The number of hydrogen-bond acceptors (Lipinski definition) is 7. The number of aromatic nitrogens is 3. The van der Waals surface area contributed by atoms with Gasteiger partial charge in [-0.05, 0) is 19.4 Å². The molecule has 1 aliphatic rings. The number of methoxy groups -OCH3 is 2. The third kappa shape index (κ3) is 4.50. The number of aliphatic imine (C=N–C) groups is 1. The van der Waals surface area contributed by atoms with Crippen LogP contribution in [0.25, 0.3) is 0 Å². The highest BCUT2D eigenvalue weighted by atomic mass is 16.5. The Morgan fingerprint density at radius 2 is 2.29 bits per heavy atom. The molecule has 10 heteroatoms. The number of carbonyl (C=O) groups is 1. The van der Waals surface area contributed by atoms with Gasteiger partial charge in [-0.1, -0.05) is 0 Å². The monoisotopic (exact) mass is 390 g/mol. The van der Waals surface area contributed by atoms with E-state index in [1.807, 2.05) is 4.68 Å². The van der Waals surface area contributed by atoms with Crippen molar-refractivity contribution in [3.63, 3.8) is 0 Å².